The zero-order valence-corrected chi connectivity index (χ0v) is 12.5. The van der Waals surface area contributed by atoms with Crippen LogP contribution in [0.15, 0.2) is 52.3 Å². The van der Waals surface area contributed by atoms with Crippen LogP contribution in [-0.4, -0.2) is 18.3 Å². The van der Waals surface area contributed by atoms with Gasteiger partial charge in [0, 0.05) is 24.9 Å². The lowest BCUT2D eigenvalue weighted by Crippen LogP contribution is -2.26. The van der Waals surface area contributed by atoms with Gasteiger partial charge in [0.25, 0.3) is 15.6 Å². The summed E-state index contributed by atoms with van der Waals surface area (Å²) in [5.41, 5.74) is -0.245. The van der Waals surface area contributed by atoms with E-state index >= 15 is 0 Å². The second-order valence-corrected chi connectivity index (χ2v) is 6.44. The number of benzene rings is 1. The van der Waals surface area contributed by atoms with Crippen molar-refractivity contribution in [3.8, 4) is 0 Å². The molecule has 0 aliphatic carbocycles. The predicted molar refractivity (Wildman–Crippen MR) is 79.0 cm³/mol. The molecule has 0 atom stereocenters. The van der Waals surface area contributed by atoms with Gasteiger partial charge in [-0.2, -0.15) is 0 Å². The van der Waals surface area contributed by atoms with E-state index in [1.807, 2.05) is 0 Å². The standard InChI is InChI=1S/C13H11ClN2O4S/c1-9(17)15-11-3-5-12(6-4-11)21(19,20)16-8-10(14)2-7-13(16)18/h2-8H,1H3,(H,15,17). The van der Waals surface area contributed by atoms with E-state index in [2.05, 4.69) is 5.32 Å². The summed E-state index contributed by atoms with van der Waals surface area (Å²) in [7, 11) is -4.03. The summed E-state index contributed by atoms with van der Waals surface area (Å²) in [4.78, 5) is 22.5. The molecule has 1 aromatic heterocycles. The van der Waals surface area contributed by atoms with Crippen molar-refractivity contribution in [1.29, 1.82) is 0 Å². The Balaban J connectivity index is 2.47. The lowest BCUT2D eigenvalue weighted by Gasteiger charge is -2.08. The molecule has 0 aliphatic heterocycles. The van der Waals surface area contributed by atoms with Gasteiger partial charge < -0.3 is 5.32 Å². The third-order valence-corrected chi connectivity index (χ3v) is 4.47. The lowest BCUT2D eigenvalue weighted by molar-refractivity contribution is -0.114. The molecule has 6 nitrogen and oxygen atoms in total. The first-order valence-corrected chi connectivity index (χ1v) is 7.64. The molecule has 0 fully saturated rings. The van der Waals surface area contributed by atoms with Gasteiger partial charge in [0.2, 0.25) is 5.91 Å². The van der Waals surface area contributed by atoms with Crippen molar-refractivity contribution in [2.45, 2.75) is 11.8 Å². The molecular formula is C13H11ClN2O4S. The fraction of sp³-hybridized carbons (Fsp3) is 0.0769. The fourth-order valence-corrected chi connectivity index (χ4v) is 3.13. The maximum absolute atomic E-state index is 12.4. The largest absolute Gasteiger partial charge is 0.326 e. The van der Waals surface area contributed by atoms with Gasteiger partial charge in [0.15, 0.2) is 0 Å². The number of rotatable bonds is 3. The van der Waals surface area contributed by atoms with Crippen molar-refractivity contribution in [3.63, 3.8) is 0 Å². The Hall–Kier alpha value is -2.12. The highest BCUT2D eigenvalue weighted by molar-refractivity contribution is 7.90. The topological polar surface area (TPSA) is 85.2 Å². The van der Waals surface area contributed by atoms with Gasteiger partial charge in [-0.05, 0) is 30.3 Å². The zero-order valence-electron chi connectivity index (χ0n) is 10.9. The number of pyridine rings is 1. The summed E-state index contributed by atoms with van der Waals surface area (Å²) in [6.45, 7) is 1.34. The van der Waals surface area contributed by atoms with Crippen LogP contribution in [0.1, 0.15) is 6.92 Å². The number of hydrogen-bond donors (Lipinski definition) is 1. The number of amides is 1. The molecule has 1 N–H and O–H groups in total. The third kappa shape index (κ3) is 3.32. The molecule has 8 heteroatoms. The normalized spacial score (nSPS) is 11.1. The first-order chi connectivity index (χ1) is 9.80. The number of hydrogen-bond acceptors (Lipinski definition) is 4. The third-order valence-electron chi connectivity index (χ3n) is 2.57. The molecule has 0 aliphatic rings. The van der Waals surface area contributed by atoms with Gasteiger partial charge in [-0.15, -0.1) is 0 Å². The van der Waals surface area contributed by atoms with E-state index in [0.29, 0.717) is 9.66 Å². The maximum Gasteiger partial charge on any atom is 0.270 e. The second-order valence-electron chi connectivity index (χ2n) is 4.19. The van der Waals surface area contributed by atoms with Crippen molar-refractivity contribution < 1.29 is 13.2 Å². The van der Waals surface area contributed by atoms with E-state index in [9.17, 15) is 18.0 Å². The van der Waals surface area contributed by atoms with Crippen LogP contribution < -0.4 is 10.9 Å². The minimum Gasteiger partial charge on any atom is -0.326 e. The van der Waals surface area contributed by atoms with Crippen LogP contribution in [0.3, 0.4) is 0 Å². The minimum atomic E-state index is -4.03. The molecule has 0 radical (unpaired) electrons. The van der Waals surface area contributed by atoms with Crippen molar-refractivity contribution in [2.75, 3.05) is 5.32 Å². The van der Waals surface area contributed by atoms with E-state index in [-0.39, 0.29) is 15.8 Å². The Morgan fingerprint density at radius 2 is 1.76 bits per heavy atom. The Bertz CT molecular complexity index is 841. The lowest BCUT2D eigenvalue weighted by atomic mass is 10.3. The smallest absolute Gasteiger partial charge is 0.270 e. The number of halogens is 1. The van der Waals surface area contributed by atoms with E-state index < -0.39 is 15.6 Å². The monoisotopic (exact) mass is 326 g/mol. The van der Waals surface area contributed by atoms with Gasteiger partial charge >= 0.3 is 0 Å². The number of anilines is 1. The average Bonchev–Trinajstić information content (AvgIpc) is 2.41. The Kier molecular flexibility index (Phi) is 4.15. The SMILES string of the molecule is CC(=O)Nc1ccc(S(=O)(=O)n2cc(Cl)ccc2=O)cc1. The summed E-state index contributed by atoms with van der Waals surface area (Å²) in [5.74, 6) is -0.267. The molecule has 2 aromatic rings. The molecule has 1 amide bonds. The summed E-state index contributed by atoms with van der Waals surface area (Å²) < 4.78 is 25.3. The molecule has 0 saturated carbocycles. The zero-order chi connectivity index (χ0) is 15.6. The molecule has 21 heavy (non-hydrogen) atoms. The van der Waals surface area contributed by atoms with Crippen LogP contribution in [0.4, 0.5) is 5.69 Å². The maximum atomic E-state index is 12.4. The van der Waals surface area contributed by atoms with E-state index in [1.165, 1.54) is 37.3 Å². The first-order valence-electron chi connectivity index (χ1n) is 5.82. The Morgan fingerprint density at radius 3 is 2.33 bits per heavy atom. The van der Waals surface area contributed by atoms with Crippen molar-refractivity contribution in [2.24, 2.45) is 0 Å². The molecular weight excluding hydrogens is 316 g/mol. The number of nitrogens with one attached hydrogen (secondary N) is 1. The Morgan fingerprint density at radius 1 is 1.14 bits per heavy atom. The van der Waals surface area contributed by atoms with Crippen LogP contribution in [0.5, 0.6) is 0 Å². The predicted octanol–water partition coefficient (Wildman–Crippen LogP) is 1.70. The van der Waals surface area contributed by atoms with Gasteiger partial charge in [-0.25, -0.2) is 12.4 Å². The summed E-state index contributed by atoms with van der Waals surface area (Å²) in [6, 6.07) is 7.86. The first kappa shape index (κ1) is 15.3. The number of carbonyl (C=O) groups is 1. The molecule has 2 rings (SSSR count). The average molecular weight is 327 g/mol. The second kappa shape index (κ2) is 5.71. The highest BCUT2D eigenvalue weighted by atomic mass is 35.5. The van der Waals surface area contributed by atoms with Crippen LogP contribution in [-0.2, 0) is 14.8 Å². The number of carbonyl (C=O) groups excluding carboxylic acids is 1. The van der Waals surface area contributed by atoms with E-state index in [0.717, 1.165) is 12.3 Å². The number of aromatic nitrogens is 1. The minimum absolute atomic E-state index is 0.0824. The molecule has 0 saturated heterocycles. The highest BCUT2D eigenvalue weighted by Crippen LogP contribution is 2.17. The van der Waals surface area contributed by atoms with Gasteiger partial charge in [0.05, 0.1) is 9.92 Å². The van der Waals surface area contributed by atoms with Gasteiger partial charge in [-0.1, -0.05) is 11.6 Å². The molecule has 110 valence electrons. The van der Waals surface area contributed by atoms with Gasteiger partial charge in [-0.3, -0.25) is 9.59 Å². The van der Waals surface area contributed by atoms with E-state index in [1.54, 1.807) is 0 Å². The summed E-state index contributed by atoms with van der Waals surface area (Å²) >= 11 is 5.72. The van der Waals surface area contributed by atoms with Crippen LogP contribution in [0.25, 0.3) is 0 Å². The van der Waals surface area contributed by atoms with Crippen molar-refractivity contribution in [1.82, 2.24) is 3.97 Å². The van der Waals surface area contributed by atoms with Crippen LogP contribution >= 0.6 is 11.6 Å². The highest BCUT2D eigenvalue weighted by Gasteiger charge is 2.18. The molecule has 0 spiro atoms. The summed E-state index contributed by atoms with van der Waals surface area (Å²) in [5, 5.41) is 2.65. The van der Waals surface area contributed by atoms with Crippen LogP contribution in [0, 0.1) is 0 Å². The van der Waals surface area contributed by atoms with Gasteiger partial charge in [0.1, 0.15) is 0 Å². The molecule has 1 aromatic carbocycles. The molecule has 1 heterocycles. The van der Waals surface area contributed by atoms with Crippen molar-refractivity contribution >= 4 is 33.2 Å². The molecule has 0 bridgehead atoms. The van der Waals surface area contributed by atoms with Crippen LogP contribution in [0.2, 0.25) is 5.02 Å². The molecule has 0 unspecified atom stereocenters. The van der Waals surface area contributed by atoms with Crippen molar-refractivity contribution in [3.05, 3.63) is 58.0 Å². The quantitative estimate of drug-likeness (QED) is 0.930. The number of nitrogens with zero attached hydrogens (tertiary/aromatic N) is 1. The summed E-state index contributed by atoms with van der Waals surface area (Å²) in [6.07, 6.45) is 1.04. The fourth-order valence-electron chi connectivity index (χ4n) is 1.66. The van der Waals surface area contributed by atoms with E-state index in [4.69, 9.17) is 11.6 Å². The Labute approximate surface area is 126 Å².